The van der Waals surface area contributed by atoms with Crippen LogP contribution in [-0.2, 0) is 0 Å². The molecule has 3 nitrogen and oxygen atoms in total. The van der Waals surface area contributed by atoms with Gasteiger partial charge in [0.2, 0.25) is 0 Å². The predicted molar refractivity (Wildman–Crippen MR) is 85.4 cm³/mol. The molecule has 0 amide bonds. The van der Waals surface area contributed by atoms with Crippen LogP contribution in [0.25, 0.3) is 10.9 Å². The number of piperazine rings is 1. The van der Waals surface area contributed by atoms with Gasteiger partial charge in [-0.2, -0.15) is 0 Å². The van der Waals surface area contributed by atoms with Gasteiger partial charge in [0.15, 0.2) is 0 Å². The molecule has 0 spiro atoms. The molecule has 0 aliphatic carbocycles. The smallest absolute Gasteiger partial charge is 0.0726 e. The van der Waals surface area contributed by atoms with Crippen molar-refractivity contribution in [1.29, 1.82) is 0 Å². The highest BCUT2D eigenvalue weighted by atomic mass is 15.3. The molecule has 0 radical (unpaired) electrons. The average Bonchev–Trinajstić information content (AvgIpc) is 2.41. The van der Waals surface area contributed by atoms with Crippen molar-refractivity contribution in [2.75, 3.05) is 31.6 Å². The van der Waals surface area contributed by atoms with E-state index in [0.29, 0.717) is 0 Å². The third-order valence-corrected chi connectivity index (χ3v) is 4.51. The minimum atomic E-state index is 0.207. The zero-order valence-electron chi connectivity index (χ0n) is 12.8. The SMILES string of the molecule is Cc1ccc2c(N3CCN(C)C(C)(C)C3)cccc2n1. The summed E-state index contributed by atoms with van der Waals surface area (Å²) in [6.07, 6.45) is 0. The maximum atomic E-state index is 4.65. The summed E-state index contributed by atoms with van der Waals surface area (Å²) in [6, 6.07) is 10.8. The van der Waals surface area contributed by atoms with Crippen molar-refractivity contribution in [2.24, 2.45) is 0 Å². The molecule has 0 bridgehead atoms. The van der Waals surface area contributed by atoms with Crippen LogP contribution in [0, 0.1) is 6.92 Å². The van der Waals surface area contributed by atoms with Crippen molar-refractivity contribution in [3.63, 3.8) is 0 Å². The molecule has 1 fully saturated rings. The first-order chi connectivity index (χ1) is 9.47. The molecule has 3 heteroatoms. The van der Waals surface area contributed by atoms with Gasteiger partial charge in [-0.25, -0.2) is 0 Å². The molecular weight excluding hydrogens is 246 g/mol. The first-order valence-corrected chi connectivity index (χ1v) is 7.30. The first kappa shape index (κ1) is 13.4. The number of benzene rings is 1. The topological polar surface area (TPSA) is 19.4 Å². The summed E-state index contributed by atoms with van der Waals surface area (Å²) in [5, 5.41) is 1.26. The fourth-order valence-electron chi connectivity index (χ4n) is 2.96. The Bertz CT molecular complexity index is 633. The van der Waals surface area contributed by atoms with Gasteiger partial charge in [-0.15, -0.1) is 0 Å². The van der Waals surface area contributed by atoms with Crippen LogP contribution in [0.3, 0.4) is 0 Å². The van der Waals surface area contributed by atoms with Crippen molar-refractivity contribution in [1.82, 2.24) is 9.88 Å². The van der Waals surface area contributed by atoms with Gasteiger partial charge in [0.1, 0.15) is 0 Å². The van der Waals surface area contributed by atoms with E-state index in [-0.39, 0.29) is 5.54 Å². The van der Waals surface area contributed by atoms with Crippen molar-refractivity contribution < 1.29 is 0 Å². The lowest BCUT2D eigenvalue weighted by Crippen LogP contribution is -2.57. The number of nitrogens with zero attached hydrogens (tertiary/aromatic N) is 3. The summed E-state index contributed by atoms with van der Waals surface area (Å²) in [6.45, 7) is 9.90. The number of pyridine rings is 1. The van der Waals surface area contributed by atoms with E-state index in [1.807, 2.05) is 6.92 Å². The molecule has 1 saturated heterocycles. The van der Waals surface area contributed by atoms with E-state index in [9.17, 15) is 0 Å². The molecule has 0 saturated carbocycles. The molecule has 3 rings (SSSR count). The molecular formula is C17H23N3. The highest BCUT2D eigenvalue weighted by molar-refractivity contribution is 5.92. The van der Waals surface area contributed by atoms with Crippen LogP contribution in [0.15, 0.2) is 30.3 Å². The van der Waals surface area contributed by atoms with Gasteiger partial charge in [-0.3, -0.25) is 9.88 Å². The number of aryl methyl sites for hydroxylation is 1. The summed E-state index contributed by atoms with van der Waals surface area (Å²) in [5.74, 6) is 0. The Morgan fingerprint density at radius 2 is 1.90 bits per heavy atom. The fraction of sp³-hybridized carbons (Fsp3) is 0.471. The summed E-state index contributed by atoms with van der Waals surface area (Å²) in [7, 11) is 2.21. The number of anilines is 1. The second kappa shape index (κ2) is 4.74. The van der Waals surface area contributed by atoms with E-state index in [1.54, 1.807) is 0 Å². The van der Waals surface area contributed by atoms with Crippen molar-refractivity contribution in [3.05, 3.63) is 36.0 Å². The van der Waals surface area contributed by atoms with E-state index < -0.39 is 0 Å². The summed E-state index contributed by atoms with van der Waals surface area (Å²) in [5.41, 5.74) is 3.70. The molecule has 0 unspecified atom stereocenters. The number of hydrogen-bond acceptors (Lipinski definition) is 3. The van der Waals surface area contributed by atoms with Crippen LogP contribution in [0.5, 0.6) is 0 Å². The van der Waals surface area contributed by atoms with Crippen molar-refractivity contribution in [3.8, 4) is 0 Å². The molecule has 2 heterocycles. The van der Waals surface area contributed by atoms with E-state index in [1.165, 1.54) is 11.1 Å². The Balaban J connectivity index is 2.02. The van der Waals surface area contributed by atoms with Gasteiger partial charge in [0.25, 0.3) is 0 Å². The van der Waals surface area contributed by atoms with Gasteiger partial charge in [-0.1, -0.05) is 6.07 Å². The molecule has 0 atom stereocenters. The number of rotatable bonds is 1. The standard InChI is InChI=1S/C17H23N3/c1-13-8-9-14-15(18-13)6-5-7-16(14)20-11-10-19(4)17(2,3)12-20/h5-9H,10-12H2,1-4H3. The summed E-state index contributed by atoms with van der Waals surface area (Å²) in [4.78, 5) is 9.59. The Morgan fingerprint density at radius 1 is 1.10 bits per heavy atom. The van der Waals surface area contributed by atoms with Gasteiger partial charge in [-0.05, 0) is 52.1 Å². The predicted octanol–water partition coefficient (Wildman–Crippen LogP) is 3.07. The maximum absolute atomic E-state index is 4.65. The van der Waals surface area contributed by atoms with Crippen molar-refractivity contribution in [2.45, 2.75) is 26.3 Å². The monoisotopic (exact) mass is 269 g/mol. The van der Waals surface area contributed by atoms with Crippen LogP contribution < -0.4 is 4.90 Å². The Morgan fingerprint density at radius 3 is 2.65 bits per heavy atom. The quantitative estimate of drug-likeness (QED) is 0.793. The van der Waals surface area contributed by atoms with E-state index in [0.717, 1.165) is 30.8 Å². The normalized spacial score (nSPS) is 19.5. The lowest BCUT2D eigenvalue weighted by molar-refractivity contribution is 0.139. The molecule has 1 aliphatic heterocycles. The number of likely N-dealkylation sites (N-methyl/N-ethyl adjacent to an activating group) is 1. The molecule has 1 aromatic heterocycles. The molecule has 0 N–H and O–H groups in total. The van der Waals surface area contributed by atoms with E-state index in [4.69, 9.17) is 0 Å². The maximum Gasteiger partial charge on any atom is 0.0726 e. The zero-order valence-corrected chi connectivity index (χ0v) is 12.8. The minimum Gasteiger partial charge on any atom is -0.368 e. The van der Waals surface area contributed by atoms with E-state index in [2.05, 4.69) is 66.0 Å². The van der Waals surface area contributed by atoms with Gasteiger partial charge < -0.3 is 4.90 Å². The van der Waals surface area contributed by atoms with Crippen LogP contribution in [0.1, 0.15) is 19.5 Å². The largest absolute Gasteiger partial charge is 0.368 e. The molecule has 20 heavy (non-hydrogen) atoms. The van der Waals surface area contributed by atoms with Gasteiger partial charge in [0.05, 0.1) is 5.52 Å². The van der Waals surface area contributed by atoms with E-state index >= 15 is 0 Å². The fourth-order valence-corrected chi connectivity index (χ4v) is 2.96. The molecule has 1 aromatic carbocycles. The molecule has 2 aromatic rings. The molecule has 106 valence electrons. The lowest BCUT2D eigenvalue weighted by Gasteiger charge is -2.46. The lowest BCUT2D eigenvalue weighted by atomic mass is 9.98. The Kier molecular flexibility index (Phi) is 3.17. The molecule has 1 aliphatic rings. The summed E-state index contributed by atoms with van der Waals surface area (Å²) < 4.78 is 0. The van der Waals surface area contributed by atoms with Crippen LogP contribution in [-0.4, -0.2) is 42.1 Å². The second-order valence-electron chi connectivity index (χ2n) is 6.45. The number of aromatic nitrogens is 1. The van der Waals surface area contributed by atoms with Crippen LogP contribution >= 0.6 is 0 Å². The highest BCUT2D eigenvalue weighted by Crippen LogP contribution is 2.30. The van der Waals surface area contributed by atoms with Crippen LogP contribution in [0.2, 0.25) is 0 Å². The van der Waals surface area contributed by atoms with Gasteiger partial charge >= 0.3 is 0 Å². The minimum absolute atomic E-state index is 0.207. The average molecular weight is 269 g/mol. The number of hydrogen-bond donors (Lipinski definition) is 0. The Labute approximate surface area is 121 Å². The third kappa shape index (κ3) is 2.27. The number of fused-ring (bicyclic) bond motifs is 1. The zero-order chi connectivity index (χ0) is 14.3. The first-order valence-electron chi connectivity index (χ1n) is 7.30. The van der Waals surface area contributed by atoms with Crippen LogP contribution in [0.4, 0.5) is 5.69 Å². The third-order valence-electron chi connectivity index (χ3n) is 4.51. The van der Waals surface area contributed by atoms with Crippen molar-refractivity contribution >= 4 is 16.6 Å². The highest BCUT2D eigenvalue weighted by Gasteiger charge is 2.31. The second-order valence-corrected chi connectivity index (χ2v) is 6.45. The Hall–Kier alpha value is -1.61. The van der Waals surface area contributed by atoms with Gasteiger partial charge in [0, 0.05) is 41.9 Å². The summed E-state index contributed by atoms with van der Waals surface area (Å²) >= 11 is 0.